The van der Waals surface area contributed by atoms with Crippen LogP contribution < -0.4 is 5.56 Å². The van der Waals surface area contributed by atoms with Crippen molar-refractivity contribution in [2.75, 3.05) is 26.8 Å². The lowest BCUT2D eigenvalue weighted by atomic mass is 9.92. The molecule has 2 aromatic rings. The Bertz CT molecular complexity index is 719. The molecular formula is C15H23N3O3S. The Hall–Kier alpha value is -1.28. The molecule has 6 nitrogen and oxygen atoms in total. The predicted octanol–water partition coefficient (Wildman–Crippen LogP) is 1.02. The van der Waals surface area contributed by atoms with E-state index in [1.54, 1.807) is 0 Å². The Labute approximate surface area is 133 Å². The Balaban J connectivity index is 2.24. The van der Waals surface area contributed by atoms with Crippen LogP contribution in [0.5, 0.6) is 0 Å². The minimum Gasteiger partial charge on any atom is -0.396 e. The lowest BCUT2D eigenvalue weighted by Crippen LogP contribution is -2.39. The van der Waals surface area contributed by atoms with Crippen LogP contribution in [0, 0.1) is 19.3 Å². The molecule has 3 N–H and O–H groups in total. The number of hydrogen-bond donors (Lipinski definition) is 3. The van der Waals surface area contributed by atoms with Gasteiger partial charge >= 0.3 is 0 Å². The van der Waals surface area contributed by atoms with E-state index in [2.05, 4.69) is 9.97 Å². The molecule has 0 radical (unpaired) electrons. The molecule has 0 bridgehead atoms. The molecule has 0 atom stereocenters. The van der Waals surface area contributed by atoms with Crippen LogP contribution >= 0.6 is 11.3 Å². The molecule has 0 aromatic carbocycles. The van der Waals surface area contributed by atoms with Crippen molar-refractivity contribution in [3.63, 3.8) is 0 Å². The summed E-state index contributed by atoms with van der Waals surface area (Å²) < 4.78 is 0. The molecule has 7 heteroatoms. The van der Waals surface area contributed by atoms with Gasteiger partial charge in [0.2, 0.25) is 0 Å². The number of nitrogens with zero attached hydrogens (tertiary/aromatic N) is 2. The number of aliphatic hydroxyl groups is 2. The second-order valence-corrected chi connectivity index (χ2v) is 7.48. The van der Waals surface area contributed by atoms with Gasteiger partial charge in [-0.1, -0.05) is 6.92 Å². The molecule has 0 spiro atoms. The normalized spacial score (nSPS) is 12.5. The standard InChI is InChI=1S/C15H23N3O3S/c1-9-10(2)22-14-12(9)13(21)16-11(17-14)5-18(4)6-15(3,7-19)8-20/h19-20H,5-8H2,1-4H3,(H,16,17,21). The molecule has 0 amide bonds. The maximum absolute atomic E-state index is 12.2. The van der Waals surface area contributed by atoms with Crippen LogP contribution in [0.1, 0.15) is 23.2 Å². The maximum atomic E-state index is 12.2. The SMILES string of the molecule is Cc1sc2nc(CN(C)CC(C)(CO)CO)[nH]c(=O)c2c1C. The van der Waals surface area contributed by atoms with Gasteiger partial charge in [-0.2, -0.15) is 0 Å². The maximum Gasteiger partial charge on any atom is 0.259 e. The van der Waals surface area contributed by atoms with Crippen LogP contribution in [0.25, 0.3) is 10.2 Å². The van der Waals surface area contributed by atoms with Gasteiger partial charge in [0.15, 0.2) is 0 Å². The van der Waals surface area contributed by atoms with E-state index >= 15 is 0 Å². The molecule has 0 aliphatic heterocycles. The smallest absolute Gasteiger partial charge is 0.259 e. The van der Waals surface area contributed by atoms with Gasteiger partial charge in [0.05, 0.1) is 25.1 Å². The van der Waals surface area contributed by atoms with Crippen molar-refractivity contribution in [2.24, 2.45) is 5.41 Å². The lowest BCUT2D eigenvalue weighted by molar-refractivity contribution is 0.0396. The van der Waals surface area contributed by atoms with Gasteiger partial charge in [-0.3, -0.25) is 9.69 Å². The Kier molecular flexibility index (Phi) is 5.01. The van der Waals surface area contributed by atoms with Crippen molar-refractivity contribution < 1.29 is 10.2 Å². The van der Waals surface area contributed by atoms with E-state index in [9.17, 15) is 15.0 Å². The molecule has 0 aliphatic rings. The topological polar surface area (TPSA) is 89.4 Å². The fraction of sp³-hybridized carbons (Fsp3) is 0.600. The minimum absolute atomic E-state index is 0.0971. The van der Waals surface area contributed by atoms with Gasteiger partial charge in [-0.15, -0.1) is 11.3 Å². The highest BCUT2D eigenvalue weighted by molar-refractivity contribution is 7.18. The van der Waals surface area contributed by atoms with Gasteiger partial charge in [0.25, 0.3) is 5.56 Å². The summed E-state index contributed by atoms with van der Waals surface area (Å²) in [4.78, 5) is 23.4. The third-order valence-electron chi connectivity index (χ3n) is 3.92. The number of aryl methyl sites for hydroxylation is 2. The summed E-state index contributed by atoms with van der Waals surface area (Å²) in [5.41, 5.74) is 0.305. The first kappa shape index (κ1) is 17.1. The van der Waals surface area contributed by atoms with Gasteiger partial charge in [-0.25, -0.2) is 4.98 Å². The van der Waals surface area contributed by atoms with Crippen LogP contribution in [-0.4, -0.2) is 51.9 Å². The van der Waals surface area contributed by atoms with Crippen LogP contribution in [0.4, 0.5) is 0 Å². The molecule has 22 heavy (non-hydrogen) atoms. The highest BCUT2D eigenvalue weighted by atomic mass is 32.1. The second kappa shape index (κ2) is 6.45. The molecule has 0 saturated carbocycles. The van der Waals surface area contributed by atoms with E-state index in [0.29, 0.717) is 24.3 Å². The van der Waals surface area contributed by atoms with Crippen molar-refractivity contribution in [1.82, 2.24) is 14.9 Å². The average molecular weight is 325 g/mol. The van der Waals surface area contributed by atoms with E-state index in [1.165, 1.54) is 11.3 Å². The monoisotopic (exact) mass is 325 g/mol. The zero-order valence-electron chi connectivity index (χ0n) is 13.4. The Morgan fingerprint density at radius 3 is 2.55 bits per heavy atom. The lowest BCUT2D eigenvalue weighted by Gasteiger charge is -2.29. The zero-order valence-corrected chi connectivity index (χ0v) is 14.3. The molecule has 0 unspecified atom stereocenters. The van der Waals surface area contributed by atoms with Crippen LogP contribution in [-0.2, 0) is 6.54 Å². The summed E-state index contributed by atoms with van der Waals surface area (Å²) in [6, 6.07) is 0. The first-order valence-electron chi connectivity index (χ1n) is 7.19. The van der Waals surface area contributed by atoms with Crippen molar-refractivity contribution in [2.45, 2.75) is 27.3 Å². The van der Waals surface area contributed by atoms with Gasteiger partial charge in [-0.05, 0) is 26.5 Å². The highest BCUT2D eigenvalue weighted by Crippen LogP contribution is 2.25. The fourth-order valence-electron chi connectivity index (χ4n) is 2.49. The number of rotatable bonds is 6. The first-order chi connectivity index (χ1) is 10.3. The largest absolute Gasteiger partial charge is 0.396 e. The summed E-state index contributed by atoms with van der Waals surface area (Å²) >= 11 is 1.53. The molecule has 0 fully saturated rings. The van der Waals surface area contributed by atoms with E-state index in [1.807, 2.05) is 32.7 Å². The Morgan fingerprint density at radius 1 is 1.32 bits per heavy atom. The summed E-state index contributed by atoms with van der Waals surface area (Å²) in [6.07, 6.45) is 0. The molecular weight excluding hydrogens is 302 g/mol. The molecule has 0 saturated heterocycles. The average Bonchev–Trinajstić information content (AvgIpc) is 2.73. The van der Waals surface area contributed by atoms with Crippen molar-refractivity contribution >= 4 is 21.6 Å². The third-order valence-corrected chi connectivity index (χ3v) is 5.02. The number of aliphatic hydroxyl groups excluding tert-OH is 2. The molecule has 2 heterocycles. The summed E-state index contributed by atoms with van der Waals surface area (Å²) in [5, 5.41) is 19.4. The third kappa shape index (κ3) is 3.38. The summed E-state index contributed by atoms with van der Waals surface area (Å²) in [7, 11) is 1.87. The predicted molar refractivity (Wildman–Crippen MR) is 88.3 cm³/mol. The first-order valence-corrected chi connectivity index (χ1v) is 8.00. The number of hydrogen-bond acceptors (Lipinski definition) is 6. The quantitative estimate of drug-likeness (QED) is 0.738. The van der Waals surface area contributed by atoms with Crippen LogP contribution in [0.15, 0.2) is 4.79 Å². The summed E-state index contributed by atoms with van der Waals surface area (Å²) in [5.74, 6) is 0.597. The van der Waals surface area contributed by atoms with Gasteiger partial charge in [0.1, 0.15) is 10.7 Å². The van der Waals surface area contributed by atoms with Crippen LogP contribution in [0.3, 0.4) is 0 Å². The number of H-pyrrole nitrogens is 1. The molecule has 0 aliphatic carbocycles. The van der Waals surface area contributed by atoms with Gasteiger partial charge in [0, 0.05) is 16.8 Å². The Morgan fingerprint density at radius 2 is 1.95 bits per heavy atom. The second-order valence-electron chi connectivity index (χ2n) is 6.28. The van der Waals surface area contributed by atoms with Crippen LogP contribution in [0.2, 0.25) is 0 Å². The minimum atomic E-state index is -0.574. The van der Waals surface area contributed by atoms with Crippen molar-refractivity contribution in [3.05, 3.63) is 26.6 Å². The van der Waals surface area contributed by atoms with Crippen molar-refractivity contribution in [1.29, 1.82) is 0 Å². The number of thiophene rings is 1. The number of fused-ring (bicyclic) bond motifs is 1. The summed E-state index contributed by atoms with van der Waals surface area (Å²) in [6.45, 7) is 6.50. The molecule has 2 rings (SSSR count). The van der Waals surface area contributed by atoms with E-state index in [4.69, 9.17) is 0 Å². The van der Waals surface area contributed by atoms with E-state index in [-0.39, 0.29) is 18.8 Å². The highest BCUT2D eigenvalue weighted by Gasteiger charge is 2.24. The number of aromatic amines is 1. The number of aromatic nitrogens is 2. The fourth-order valence-corrected chi connectivity index (χ4v) is 3.54. The molecule has 2 aromatic heterocycles. The van der Waals surface area contributed by atoms with Crippen molar-refractivity contribution in [3.8, 4) is 0 Å². The number of nitrogens with one attached hydrogen (secondary N) is 1. The van der Waals surface area contributed by atoms with Gasteiger partial charge < -0.3 is 15.2 Å². The van der Waals surface area contributed by atoms with E-state index in [0.717, 1.165) is 15.3 Å². The molecule has 122 valence electrons. The van der Waals surface area contributed by atoms with E-state index < -0.39 is 5.41 Å². The zero-order chi connectivity index (χ0) is 16.5.